The summed E-state index contributed by atoms with van der Waals surface area (Å²) in [7, 11) is 0. The standard InChI is InChI=1S/C9H12Cl3NO4/c1-5(14)15-4-6-2-3-7(16-6)17-8(13)9(10,11)12/h6-7,13H,2-4H2,1H3/t6-,7-/m0/s1. The number of hydrogen-bond donors (Lipinski definition) is 1. The smallest absolute Gasteiger partial charge is 0.302 e. The SMILES string of the molecule is CC(=O)OC[C@@H]1CC[C@H](OC(=N)C(Cl)(Cl)Cl)O1. The van der Waals surface area contributed by atoms with Crippen LogP contribution < -0.4 is 0 Å². The summed E-state index contributed by atoms with van der Waals surface area (Å²) in [6, 6.07) is 0. The number of carbonyl (C=O) groups excluding carboxylic acids is 1. The van der Waals surface area contributed by atoms with Gasteiger partial charge in [0.15, 0.2) is 0 Å². The number of rotatable bonds is 3. The number of nitrogens with one attached hydrogen (secondary N) is 1. The summed E-state index contributed by atoms with van der Waals surface area (Å²) < 4.78 is 13.3. The molecule has 98 valence electrons. The lowest BCUT2D eigenvalue weighted by molar-refractivity contribution is -0.149. The van der Waals surface area contributed by atoms with Gasteiger partial charge in [0.25, 0.3) is 3.79 Å². The molecule has 1 aliphatic heterocycles. The van der Waals surface area contributed by atoms with E-state index in [1.807, 2.05) is 0 Å². The summed E-state index contributed by atoms with van der Waals surface area (Å²) in [5.74, 6) is -0.854. The summed E-state index contributed by atoms with van der Waals surface area (Å²) in [6.07, 6.45) is 0.325. The highest BCUT2D eigenvalue weighted by Gasteiger charge is 2.34. The van der Waals surface area contributed by atoms with Gasteiger partial charge in [0.05, 0.1) is 6.10 Å². The van der Waals surface area contributed by atoms with Crippen LogP contribution in [0.25, 0.3) is 0 Å². The van der Waals surface area contributed by atoms with E-state index in [2.05, 4.69) is 0 Å². The lowest BCUT2D eigenvalue weighted by atomic mass is 10.2. The average molecular weight is 305 g/mol. The van der Waals surface area contributed by atoms with Crippen LogP contribution in [0.4, 0.5) is 0 Å². The van der Waals surface area contributed by atoms with Gasteiger partial charge in [-0.2, -0.15) is 0 Å². The molecule has 0 aromatic rings. The van der Waals surface area contributed by atoms with E-state index in [1.165, 1.54) is 6.92 Å². The van der Waals surface area contributed by atoms with Crippen LogP contribution in [0.3, 0.4) is 0 Å². The number of ether oxygens (including phenoxy) is 3. The number of carbonyl (C=O) groups is 1. The fourth-order valence-electron chi connectivity index (χ4n) is 1.29. The molecule has 0 bridgehead atoms. The maximum Gasteiger partial charge on any atom is 0.302 e. The fraction of sp³-hybridized carbons (Fsp3) is 0.778. The number of alkyl halides is 3. The monoisotopic (exact) mass is 303 g/mol. The maximum absolute atomic E-state index is 10.6. The minimum absolute atomic E-state index is 0.163. The van der Waals surface area contributed by atoms with Crippen molar-refractivity contribution < 1.29 is 19.0 Å². The van der Waals surface area contributed by atoms with Crippen molar-refractivity contribution in [2.24, 2.45) is 0 Å². The van der Waals surface area contributed by atoms with Gasteiger partial charge < -0.3 is 14.2 Å². The first-order chi connectivity index (χ1) is 7.79. The Morgan fingerprint density at radius 2 is 2.12 bits per heavy atom. The Morgan fingerprint density at radius 1 is 1.47 bits per heavy atom. The van der Waals surface area contributed by atoms with E-state index in [1.54, 1.807) is 0 Å². The first kappa shape index (κ1) is 14.8. The second-order valence-electron chi connectivity index (χ2n) is 3.51. The van der Waals surface area contributed by atoms with Gasteiger partial charge in [0.1, 0.15) is 6.61 Å². The molecular weight excluding hydrogens is 292 g/mol. The van der Waals surface area contributed by atoms with E-state index < -0.39 is 16.0 Å². The van der Waals surface area contributed by atoms with Crippen molar-refractivity contribution >= 4 is 46.7 Å². The third-order valence-electron chi connectivity index (χ3n) is 2.05. The van der Waals surface area contributed by atoms with Crippen LogP contribution in [0.2, 0.25) is 0 Å². The predicted octanol–water partition coefficient (Wildman–Crippen LogP) is 2.42. The summed E-state index contributed by atoms with van der Waals surface area (Å²) in [5, 5.41) is 7.36. The molecule has 0 aromatic carbocycles. The third-order valence-corrected chi connectivity index (χ3v) is 2.56. The van der Waals surface area contributed by atoms with E-state index in [0.29, 0.717) is 12.8 Å². The van der Waals surface area contributed by atoms with Crippen LogP contribution in [-0.2, 0) is 19.0 Å². The molecule has 17 heavy (non-hydrogen) atoms. The van der Waals surface area contributed by atoms with Gasteiger partial charge in [-0.3, -0.25) is 10.2 Å². The van der Waals surface area contributed by atoms with Crippen LogP contribution in [0.1, 0.15) is 19.8 Å². The maximum atomic E-state index is 10.6. The van der Waals surface area contributed by atoms with Crippen LogP contribution in [-0.4, -0.2) is 34.7 Å². The number of halogens is 3. The largest absolute Gasteiger partial charge is 0.463 e. The molecule has 0 saturated carbocycles. The van der Waals surface area contributed by atoms with Gasteiger partial charge in [-0.05, 0) is 6.42 Å². The van der Waals surface area contributed by atoms with E-state index >= 15 is 0 Å². The molecule has 0 spiro atoms. The molecule has 0 amide bonds. The topological polar surface area (TPSA) is 68.6 Å². The Kier molecular flexibility index (Phi) is 5.31. The molecule has 1 saturated heterocycles. The minimum Gasteiger partial charge on any atom is -0.463 e. The first-order valence-corrected chi connectivity index (χ1v) is 6.03. The molecule has 1 fully saturated rings. The highest BCUT2D eigenvalue weighted by molar-refractivity contribution is 6.76. The van der Waals surface area contributed by atoms with E-state index in [9.17, 15) is 4.79 Å². The van der Waals surface area contributed by atoms with Crippen molar-refractivity contribution in [3.63, 3.8) is 0 Å². The van der Waals surface area contributed by atoms with E-state index in [0.717, 1.165) is 0 Å². The molecule has 0 radical (unpaired) electrons. The Bertz CT molecular complexity index is 305. The van der Waals surface area contributed by atoms with Crippen molar-refractivity contribution in [2.45, 2.75) is 36.0 Å². The lowest BCUT2D eigenvalue weighted by Gasteiger charge is -2.19. The zero-order valence-electron chi connectivity index (χ0n) is 9.04. The van der Waals surface area contributed by atoms with E-state index in [4.69, 9.17) is 54.4 Å². The van der Waals surface area contributed by atoms with Crippen LogP contribution in [0.15, 0.2) is 0 Å². The first-order valence-electron chi connectivity index (χ1n) is 4.90. The highest BCUT2D eigenvalue weighted by Crippen LogP contribution is 2.30. The second-order valence-corrected chi connectivity index (χ2v) is 5.79. The number of hydrogen-bond acceptors (Lipinski definition) is 5. The average Bonchev–Trinajstić information content (AvgIpc) is 2.61. The molecule has 8 heteroatoms. The van der Waals surface area contributed by atoms with Crippen LogP contribution >= 0.6 is 34.8 Å². The molecular formula is C9H12Cl3NO4. The highest BCUT2D eigenvalue weighted by atomic mass is 35.6. The summed E-state index contributed by atoms with van der Waals surface area (Å²) in [5.41, 5.74) is 0. The summed E-state index contributed by atoms with van der Waals surface area (Å²) in [6.45, 7) is 1.48. The van der Waals surface area contributed by atoms with Gasteiger partial charge in [-0.1, -0.05) is 34.8 Å². The van der Waals surface area contributed by atoms with Gasteiger partial charge in [0.2, 0.25) is 12.2 Å². The van der Waals surface area contributed by atoms with Gasteiger partial charge in [-0.25, -0.2) is 0 Å². The Morgan fingerprint density at radius 3 is 2.65 bits per heavy atom. The van der Waals surface area contributed by atoms with Crippen LogP contribution in [0.5, 0.6) is 0 Å². The number of esters is 1. The molecule has 0 aromatic heterocycles. The predicted molar refractivity (Wildman–Crippen MR) is 63.6 cm³/mol. The van der Waals surface area contributed by atoms with Gasteiger partial charge in [-0.15, -0.1) is 0 Å². The molecule has 1 aliphatic rings. The van der Waals surface area contributed by atoms with Gasteiger partial charge in [0, 0.05) is 13.3 Å². The van der Waals surface area contributed by atoms with Crippen molar-refractivity contribution in [1.82, 2.24) is 0 Å². The minimum atomic E-state index is -1.89. The molecule has 1 rings (SSSR count). The zero-order chi connectivity index (χ0) is 13.1. The van der Waals surface area contributed by atoms with Crippen LogP contribution in [0, 0.1) is 5.41 Å². The van der Waals surface area contributed by atoms with Crippen molar-refractivity contribution in [3.05, 3.63) is 0 Å². The third kappa shape index (κ3) is 5.29. The molecule has 2 atom stereocenters. The normalized spacial score (nSPS) is 24.5. The van der Waals surface area contributed by atoms with Crippen molar-refractivity contribution in [2.75, 3.05) is 6.61 Å². The molecule has 1 N–H and O–H groups in total. The Balaban J connectivity index is 2.31. The van der Waals surface area contributed by atoms with E-state index in [-0.39, 0.29) is 18.7 Å². The van der Waals surface area contributed by atoms with Crippen molar-refractivity contribution in [1.29, 1.82) is 5.41 Å². The molecule has 0 aliphatic carbocycles. The zero-order valence-corrected chi connectivity index (χ0v) is 11.3. The Hall–Kier alpha value is -0.230. The van der Waals surface area contributed by atoms with Gasteiger partial charge >= 0.3 is 5.97 Å². The fourth-order valence-corrected chi connectivity index (χ4v) is 1.42. The quantitative estimate of drug-likeness (QED) is 0.376. The molecule has 1 heterocycles. The molecule has 5 nitrogen and oxygen atoms in total. The Labute approximate surface area is 114 Å². The van der Waals surface area contributed by atoms with Crippen molar-refractivity contribution in [3.8, 4) is 0 Å². The summed E-state index contributed by atoms with van der Waals surface area (Å²) in [4.78, 5) is 10.6. The molecule has 0 unspecified atom stereocenters. The summed E-state index contributed by atoms with van der Waals surface area (Å²) >= 11 is 16.4. The lowest BCUT2D eigenvalue weighted by Crippen LogP contribution is -2.28. The second kappa shape index (κ2) is 6.09.